The molecule has 1 fully saturated rings. The van der Waals surface area contributed by atoms with Crippen LogP contribution in [0.15, 0.2) is 0 Å². The van der Waals surface area contributed by atoms with Crippen LogP contribution in [0.5, 0.6) is 0 Å². The molecule has 0 radical (unpaired) electrons. The maximum Gasteiger partial charge on any atom is -0.0533 e. The van der Waals surface area contributed by atoms with Gasteiger partial charge in [-0.3, -0.25) is 0 Å². The molecule has 0 saturated heterocycles. The number of hydrogen-bond acceptors (Lipinski definition) is 0. The van der Waals surface area contributed by atoms with E-state index in [4.69, 9.17) is 0 Å². The van der Waals surface area contributed by atoms with E-state index in [0.29, 0.717) is 0 Å². The van der Waals surface area contributed by atoms with Crippen molar-refractivity contribution in [2.45, 2.75) is 66.2 Å². The van der Waals surface area contributed by atoms with Crippen molar-refractivity contribution in [1.29, 1.82) is 0 Å². The molecule has 1 aliphatic carbocycles. The minimum atomic E-state index is 0. The minimum Gasteiger partial charge on any atom is -0.153 e. The van der Waals surface area contributed by atoms with Crippen LogP contribution in [-0.2, 0) is 0 Å². The van der Waals surface area contributed by atoms with E-state index in [-0.39, 0.29) is 9.90 Å². The molecule has 0 aromatic heterocycles. The number of hydrogen-bond donors (Lipinski definition) is 0. The monoisotopic (exact) mass is 342 g/mol. The molecule has 0 N–H and O–H groups in total. The topological polar surface area (TPSA) is 0 Å². The first-order valence-corrected chi connectivity index (χ1v) is 13.2. The summed E-state index contributed by atoms with van der Waals surface area (Å²) in [6.45, 7) is 8.00. The van der Waals surface area contributed by atoms with Gasteiger partial charge in [-0.1, -0.05) is 74.2 Å². The zero-order valence-electron chi connectivity index (χ0n) is 11.8. The van der Waals surface area contributed by atoms with Gasteiger partial charge in [0.1, 0.15) is 0 Å². The van der Waals surface area contributed by atoms with Gasteiger partial charge in [0.05, 0.1) is 0 Å². The highest BCUT2D eigenvalue weighted by molar-refractivity contribution is 8.33. The summed E-state index contributed by atoms with van der Waals surface area (Å²) in [5.74, 6) is 0. The van der Waals surface area contributed by atoms with E-state index in [0.717, 1.165) is 7.96 Å². The summed E-state index contributed by atoms with van der Waals surface area (Å²) >= 11 is 0. The van der Waals surface area contributed by atoms with Crippen molar-refractivity contribution in [3.63, 3.8) is 0 Å². The van der Waals surface area contributed by atoms with Crippen LogP contribution in [0.2, 0.25) is 0 Å². The van der Waals surface area contributed by atoms with Crippen LogP contribution in [0.4, 0.5) is 0 Å². The smallest absolute Gasteiger partial charge is 0.0533 e. The third-order valence-electron chi connectivity index (χ3n) is 1.50. The Hall–Kier alpha value is 2.58. The van der Waals surface area contributed by atoms with Crippen molar-refractivity contribution in [2.24, 2.45) is 0 Å². The Labute approximate surface area is 120 Å². The van der Waals surface area contributed by atoms with Gasteiger partial charge in [0.25, 0.3) is 0 Å². The third-order valence-corrected chi connectivity index (χ3v) is 1.50. The van der Waals surface area contributed by atoms with Crippen molar-refractivity contribution in [1.82, 2.24) is 0 Å². The van der Waals surface area contributed by atoms with Gasteiger partial charge in [-0.05, 0) is 0 Å². The average molecular weight is 342 g/mol. The molecule has 0 heterocycles. The van der Waals surface area contributed by atoms with Gasteiger partial charge < -0.3 is 0 Å². The Kier molecular flexibility index (Phi) is 102. The maximum absolute atomic E-state index is 2.57. The molecular formula is C10H36P6. The van der Waals surface area contributed by atoms with Crippen LogP contribution in [0.1, 0.15) is 66.2 Å². The summed E-state index contributed by atoms with van der Waals surface area (Å²) < 4.78 is 0. The molecule has 0 bridgehead atoms. The van der Waals surface area contributed by atoms with E-state index < -0.39 is 0 Å². The molecule has 5 atom stereocenters. The summed E-state index contributed by atoms with van der Waals surface area (Å²) in [5, 5.41) is 0. The summed E-state index contributed by atoms with van der Waals surface area (Å²) in [6, 6.07) is 0. The first-order valence-electron chi connectivity index (χ1n) is 5.91. The fourth-order valence-electron chi connectivity index (χ4n) is 1.06. The van der Waals surface area contributed by atoms with E-state index in [1.54, 1.807) is 0 Å². The Balaban J connectivity index is -0.0000000355. The van der Waals surface area contributed by atoms with Crippen LogP contribution in [0.25, 0.3) is 0 Å². The quantitative estimate of drug-likeness (QED) is 0.450. The molecule has 1 rings (SSSR count). The zero-order chi connectivity index (χ0) is 12.9. The Morgan fingerprint density at radius 1 is 0.625 bits per heavy atom. The summed E-state index contributed by atoms with van der Waals surface area (Å²) in [6.07, 6.45) is 9.00. The highest BCUT2D eigenvalue weighted by Gasteiger charge is 1.95. The molecular weight excluding hydrogens is 306 g/mol. The Morgan fingerprint density at radius 2 is 0.688 bits per heavy atom. The molecule has 0 nitrogen and oxygen atoms in total. The summed E-state index contributed by atoms with van der Waals surface area (Å²) in [5.41, 5.74) is 0. The molecule has 0 aromatic carbocycles. The van der Waals surface area contributed by atoms with Crippen molar-refractivity contribution in [2.75, 3.05) is 0 Å². The van der Waals surface area contributed by atoms with Crippen molar-refractivity contribution in [3.05, 3.63) is 0 Å². The molecule has 106 valence electrons. The lowest BCUT2D eigenvalue weighted by atomic mass is 10.0. The molecule has 16 heavy (non-hydrogen) atoms. The normalized spacial score (nSPS) is 11.2. The molecule has 6 heteroatoms. The first-order chi connectivity index (χ1) is 7.41. The summed E-state index contributed by atoms with van der Waals surface area (Å²) in [4.78, 5) is 0. The second kappa shape index (κ2) is 52.7. The fraction of sp³-hybridized carbons (Fsp3) is 1.00. The van der Waals surface area contributed by atoms with Crippen molar-refractivity contribution < 1.29 is 0 Å². The van der Waals surface area contributed by atoms with Crippen LogP contribution < -0.4 is 0 Å². The largest absolute Gasteiger partial charge is 0.153 e. The van der Waals surface area contributed by atoms with Gasteiger partial charge in [-0.2, -0.15) is 9.90 Å². The molecule has 5 unspecified atom stereocenters. The van der Waals surface area contributed by atoms with E-state index in [9.17, 15) is 0 Å². The van der Waals surface area contributed by atoms with E-state index in [1.165, 1.54) is 38.5 Å². The van der Waals surface area contributed by atoms with E-state index >= 15 is 0 Å². The van der Waals surface area contributed by atoms with Gasteiger partial charge in [-0.25, -0.2) is 0 Å². The van der Waals surface area contributed by atoms with E-state index in [2.05, 4.69) is 35.7 Å². The second-order valence-corrected chi connectivity index (χ2v) is 6.62. The maximum atomic E-state index is 2.57. The Morgan fingerprint density at radius 3 is 0.750 bits per heavy atom. The molecule has 0 amide bonds. The van der Waals surface area contributed by atoms with Gasteiger partial charge in [0.15, 0.2) is 0 Å². The SMILES string of the molecule is C1CCCCC1.CC.CC.P.PP.PPP. The van der Waals surface area contributed by atoms with Gasteiger partial charge >= 0.3 is 0 Å². The lowest BCUT2D eigenvalue weighted by Gasteiger charge is -2.05. The van der Waals surface area contributed by atoms with Crippen LogP contribution in [-0.4, -0.2) is 0 Å². The van der Waals surface area contributed by atoms with Crippen LogP contribution in [0.3, 0.4) is 0 Å². The first kappa shape index (κ1) is 31.1. The van der Waals surface area contributed by atoms with Crippen molar-refractivity contribution >= 4 is 53.6 Å². The zero-order valence-corrected chi connectivity index (χ0v) is 18.8. The predicted molar refractivity (Wildman–Crippen MR) is 109 cm³/mol. The lowest BCUT2D eigenvalue weighted by molar-refractivity contribution is 0.504. The number of rotatable bonds is 0. The molecule has 0 aromatic rings. The molecule has 1 aliphatic rings. The molecule has 1 saturated carbocycles. The standard InChI is InChI=1S/C6H12.2C2H6.H5P3.H4P2.H3P/c1-2-4-6-5-3-1;2*1-2;1-3-2;1-2;/h1-6H2;2*1-2H3;3H,1-2H2;1-2H2;1H3. The highest BCUT2D eigenvalue weighted by Crippen LogP contribution is 2.28. The third kappa shape index (κ3) is 54.7. The predicted octanol–water partition coefficient (Wildman–Crippen LogP) is 6.35. The van der Waals surface area contributed by atoms with Crippen LogP contribution in [0, 0.1) is 0 Å². The summed E-state index contributed by atoms with van der Waals surface area (Å²) in [7, 11) is 10.7. The van der Waals surface area contributed by atoms with Gasteiger partial charge in [0, 0.05) is 0 Å². The second-order valence-electron chi connectivity index (χ2n) is 2.29. The lowest BCUT2D eigenvalue weighted by Crippen LogP contribution is -1.85. The van der Waals surface area contributed by atoms with Crippen molar-refractivity contribution in [3.8, 4) is 0 Å². The molecule has 0 spiro atoms. The van der Waals surface area contributed by atoms with Gasteiger partial charge in [0.2, 0.25) is 0 Å². The highest BCUT2D eigenvalue weighted by atomic mass is 32.4. The van der Waals surface area contributed by atoms with E-state index in [1.807, 2.05) is 27.7 Å². The minimum absolute atomic E-state index is 0. The van der Waals surface area contributed by atoms with Gasteiger partial charge in [-0.15, -0.1) is 35.7 Å². The average Bonchev–Trinajstić information content (AvgIpc) is 2.40. The fourth-order valence-corrected chi connectivity index (χ4v) is 1.06. The molecule has 0 aliphatic heterocycles. The van der Waals surface area contributed by atoms with Crippen LogP contribution >= 0.6 is 53.6 Å². The Bertz CT molecular complexity index is 39.1.